The second-order valence-corrected chi connectivity index (χ2v) is 10.2. The molecule has 0 N–H and O–H groups in total. The van der Waals surface area contributed by atoms with Crippen LogP contribution in [0.15, 0.2) is 63.8 Å². The number of benzene rings is 3. The first-order valence-electron chi connectivity index (χ1n) is 12.2. The highest BCUT2D eigenvalue weighted by Gasteiger charge is 2.44. The monoisotopic (exact) mass is 517 g/mol. The average molecular weight is 518 g/mol. The predicted molar refractivity (Wildman–Crippen MR) is 145 cm³/mol. The third-order valence-corrected chi connectivity index (χ3v) is 6.91. The average Bonchev–Trinajstić information content (AvgIpc) is 3.17. The van der Waals surface area contributed by atoms with Gasteiger partial charge in [0.1, 0.15) is 5.58 Å². The van der Waals surface area contributed by atoms with Gasteiger partial charge in [0, 0.05) is 10.7 Å². The summed E-state index contributed by atoms with van der Waals surface area (Å²) in [7, 11) is 1.57. The topological polar surface area (TPSA) is 69.0 Å². The van der Waals surface area contributed by atoms with Crippen LogP contribution in [0.2, 0.25) is 5.02 Å². The molecule has 1 amide bonds. The van der Waals surface area contributed by atoms with Crippen LogP contribution in [0.4, 0.5) is 5.69 Å². The van der Waals surface area contributed by atoms with Gasteiger partial charge in [-0.3, -0.25) is 14.5 Å². The van der Waals surface area contributed by atoms with Crippen LogP contribution in [0.5, 0.6) is 11.5 Å². The molecule has 6 nitrogen and oxygen atoms in total. The number of carbonyl (C=O) groups is 1. The van der Waals surface area contributed by atoms with Crippen LogP contribution in [0.3, 0.4) is 0 Å². The standard InChI is InChI=1S/C30H28ClNO5/c1-16(2)15-36-24-10-7-19(13-25(24)35-5)27-26-28(33)22-14-20(31)8-11-23(22)37-29(26)30(34)32(27)21-9-6-17(3)18(4)12-21/h6-14,16,27H,15H2,1-5H3. The minimum absolute atomic E-state index is 0.0298. The van der Waals surface area contributed by atoms with Crippen molar-refractivity contribution in [2.75, 3.05) is 18.6 Å². The summed E-state index contributed by atoms with van der Waals surface area (Å²) in [5.41, 5.74) is 3.81. The van der Waals surface area contributed by atoms with E-state index in [0.717, 1.165) is 11.1 Å². The van der Waals surface area contributed by atoms with Gasteiger partial charge >= 0.3 is 0 Å². The zero-order valence-corrected chi connectivity index (χ0v) is 22.2. The Morgan fingerprint density at radius 2 is 1.76 bits per heavy atom. The summed E-state index contributed by atoms with van der Waals surface area (Å²) in [6, 6.07) is 15.4. The van der Waals surface area contributed by atoms with Crippen molar-refractivity contribution in [2.24, 2.45) is 5.92 Å². The summed E-state index contributed by atoms with van der Waals surface area (Å²) in [6.45, 7) is 8.68. The molecule has 0 fully saturated rings. The van der Waals surface area contributed by atoms with E-state index in [1.165, 1.54) is 0 Å². The van der Waals surface area contributed by atoms with Crippen molar-refractivity contribution in [3.63, 3.8) is 0 Å². The third-order valence-electron chi connectivity index (χ3n) is 6.68. The van der Waals surface area contributed by atoms with Crippen LogP contribution in [0.25, 0.3) is 11.0 Å². The Bertz CT molecular complexity index is 1590. The second kappa shape index (κ2) is 9.60. The Balaban J connectivity index is 1.74. The number of hydrogen-bond donors (Lipinski definition) is 0. The molecule has 1 aromatic heterocycles. The molecule has 7 heteroatoms. The Kier molecular flexibility index (Phi) is 6.46. The number of fused-ring (bicyclic) bond motifs is 2. The third kappa shape index (κ3) is 4.36. The molecule has 1 atom stereocenters. The highest BCUT2D eigenvalue weighted by molar-refractivity contribution is 6.31. The van der Waals surface area contributed by atoms with E-state index >= 15 is 0 Å². The molecule has 0 saturated carbocycles. The van der Waals surface area contributed by atoms with Gasteiger partial charge in [-0.25, -0.2) is 0 Å². The van der Waals surface area contributed by atoms with E-state index in [1.54, 1.807) is 30.2 Å². The number of ether oxygens (including phenoxy) is 2. The van der Waals surface area contributed by atoms with Gasteiger partial charge in [0.25, 0.3) is 5.91 Å². The van der Waals surface area contributed by atoms with Crippen molar-refractivity contribution in [1.29, 1.82) is 0 Å². The number of halogens is 1. The highest BCUT2D eigenvalue weighted by atomic mass is 35.5. The molecule has 3 aromatic carbocycles. The maximum atomic E-state index is 13.9. The predicted octanol–water partition coefficient (Wildman–Crippen LogP) is 6.86. The first-order chi connectivity index (χ1) is 17.7. The normalized spacial score (nSPS) is 14.9. The molecule has 1 unspecified atom stereocenters. The van der Waals surface area contributed by atoms with E-state index in [2.05, 4.69) is 13.8 Å². The molecule has 2 heterocycles. The van der Waals surface area contributed by atoms with E-state index in [0.29, 0.717) is 51.3 Å². The number of anilines is 1. The first kappa shape index (κ1) is 24.9. The number of hydrogen-bond acceptors (Lipinski definition) is 5. The van der Waals surface area contributed by atoms with Crippen LogP contribution in [-0.4, -0.2) is 19.6 Å². The van der Waals surface area contributed by atoms with E-state index in [1.807, 2.05) is 50.2 Å². The molecule has 1 aliphatic rings. The van der Waals surface area contributed by atoms with E-state index in [4.69, 9.17) is 25.5 Å². The van der Waals surface area contributed by atoms with Crippen LogP contribution in [0.1, 0.15) is 52.7 Å². The number of rotatable bonds is 6. The van der Waals surface area contributed by atoms with Crippen LogP contribution in [-0.2, 0) is 0 Å². The largest absolute Gasteiger partial charge is 0.493 e. The fraction of sp³-hybridized carbons (Fsp3) is 0.267. The number of nitrogens with zero attached hydrogens (tertiary/aromatic N) is 1. The van der Waals surface area contributed by atoms with Gasteiger partial charge in [-0.15, -0.1) is 0 Å². The summed E-state index contributed by atoms with van der Waals surface area (Å²) in [6.07, 6.45) is 0. The molecule has 0 spiro atoms. The Hall–Kier alpha value is -3.77. The number of carbonyl (C=O) groups excluding carboxylic acids is 1. The van der Waals surface area contributed by atoms with Crippen molar-refractivity contribution in [2.45, 2.75) is 33.7 Å². The van der Waals surface area contributed by atoms with Gasteiger partial charge in [0.15, 0.2) is 16.9 Å². The fourth-order valence-electron chi connectivity index (χ4n) is 4.63. The Morgan fingerprint density at radius 3 is 2.46 bits per heavy atom. The minimum atomic E-state index is -0.725. The van der Waals surface area contributed by atoms with Crippen molar-refractivity contribution in [3.8, 4) is 11.5 Å². The SMILES string of the molecule is COc1cc(C2c3c(oc4ccc(Cl)cc4c3=O)C(=O)N2c2ccc(C)c(C)c2)ccc1OCC(C)C. The Morgan fingerprint density at radius 1 is 0.973 bits per heavy atom. The van der Waals surface area contributed by atoms with Crippen LogP contribution >= 0.6 is 11.6 Å². The fourth-order valence-corrected chi connectivity index (χ4v) is 4.80. The highest BCUT2D eigenvalue weighted by Crippen LogP contribution is 2.43. The van der Waals surface area contributed by atoms with Gasteiger partial charge in [-0.2, -0.15) is 0 Å². The molecule has 0 bridgehead atoms. The molecule has 5 rings (SSSR count). The minimum Gasteiger partial charge on any atom is -0.493 e. The van der Waals surface area contributed by atoms with Crippen molar-refractivity contribution in [3.05, 3.63) is 97.9 Å². The van der Waals surface area contributed by atoms with Crippen molar-refractivity contribution >= 4 is 34.2 Å². The van der Waals surface area contributed by atoms with Crippen LogP contribution < -0.4 is 19.8 Å². The van der Waals surface area contributed by atoms with Crippen molar-refractivity contribution in [1.82, 2.24) is 0 Å². The van der Waals surface area contributed by atoms with Gasteiger partial charge < -0.3 is 13.9 Å². The lowest BCUT2D eigenvalue weighted by atomic mass is 9.97. The zero-order valence-electron chi connectivity index (χ0n) is 21.4. The summed E-state index contributed by atoms with van der Waals surface area (Å²) in [4.78, 5) is 29.3. The molecule has 1 aliphatic heterocycles. The van der Waals surface area contributed by atoms with E-state index in [9.17, 15) is 9.59 Å². The summed E-state index contributed by atoms with van der Waals surface area (Å²) in [5, 5.41) is 0.745. The molecule has 0 aliphatic carbocycles. The molecular formula is C30H28ClNO5. The Labute approximate surface area is 220 Å². The number of aryl methyl sites for hydroxylation is 2. The van der Waals surface area contributed by atoms with E-state index < -0.39 is 6.04 Å². The second-order valence-electron chi connectivity index (χ2n) is 9.78. The maximum absolute atomic E-state index is 13.9. The first-order valence-corrected chi connectivity index (χ1v) is 12.5. The quantitative estimate of drug-likeness (QED) is 0.279. The summed E-state index contributed by atoms with van der Waals surface area (Å²) < 4.78 is 17.6. The number of amides is 1. The molecule has 37 heavy (non-hydrogen) atoms. The maximum Gasteiger partial charge on any atom is 0.295 e. The molecule has 0 radical (unpaired) electrons. The molecule has 0 saturated heterocycles. The molecule has 4 aromatic rings. The molecular weight excluding hydrogens is 490 g/mol. The van der Waals surface area contributed by atoms with Gasteiger partial charge in [-0.1, -0.05) is 37.6 Å². The molecule has 190 valence electrons. The van der Waals surface area contributed by atoms with E-state index in [-0.39, 0.29) is 22.7 Å². The lowest BCUT2D eigenvalue weighted by molar-refractivity contribution is 0.0971. The summed E-state index contributed by atoms with van der Waals surface area (Å²) in [5.74, 6) is 1.11. The lowest BCUT2D eigenvalue weighted by Gasteiger charge is -2.26. The van der Waals surface area contributed by atoms with Gasteiger partial charge in [0.2, 0.25) is 5.76 Å². The zero-order chi connectivity index (χ0) is 26.4. The summed E-state index contributed by atoms with van der Waals surface area (Å²) >= 11 is 6.20. The van der Waals surface area contributed by atoms with Gasteiger partial charge in [-0.05, 0) is 78.9 Å². The smallest absolute Gasteiger partial charge is 0.295 e. The van der Waals surface area contributed by atoms with Crippen LogP contribution in [0, 0.1) is 19.8 Å². The van der Waals surface area contributed by atoms with Gasteiger partial charge in [0.05, 0.1) is 30.7 Å². The van der Waals surface area contributed by atoms with Crippen molar-refractivity contribution < 1.29 is 18.7 Å². The lowest BCUT2D eigenvalue weighted by Crippen LogP contribution is -2.29. The number of methoxy groups -OCH3 is 1.